The van der Waals surface area contributed by atoms with E-state index in [1.165, 1.54) is 6.07 Å². The average Bonchev–Trinajstić information content (AvgIpc) is 2.19. The monoisotopic (exact) mass is 261 g/mol. The van der Waals surface area contributed by atoms with Crippen molar-refractivity contribution in [1.29, 1.82) is 0 Å². The van der Waals surface area contributed by atoms with Gasteiger partial charge in [0, 0.05) is 6.61 Å². The van der Waals surface area contributed by atoms with Crippen LogP contribution < -0.4 is 5.73 Å². The van der Waals surface area contributed by atoms with Crippen molar-refractivity contribution < 1.29 is 9.50 Å². The van der Waals surface area contributed by atoms with Crippen LogP contribution in [0, 0.1) is 11.7 Å². The fourth-order valence-electron chi connectivity index (χ4n) is 1.22. The summed E-state index contributed by atoms with van der Waals surface area (Å²) in [6, 6.07) is 4.83. The molecule has 0 aliphatic heterocycles. The highest BCUT2D eigenvalue weighted by Crippen LogP contribution is 2.18. The topological polar surface area (TPSA) is 46.2 Å². The Balaban J connectivity index is 2.72. The third kappa shape index (κ3) is 3.04. The number of hydrogen-bond donors (Lipinski definition) is 2. The van der Waals surface area contributed by atoms with Gasteiger partial charge < -0.3 is 10.8 Å². The van der Waals surface area contributed by atoms with Gasteiger partial charge in [-0.1, -0.05) is 6.07 Å². The van der Waals surface area contributed by atoms with Crippen molar-refractivity contribution in [1.82, 2.24) is 0 Å². The van der Waals surface area contributed by atoms with Gasteiger partial charge in [-0.2, -0.15) is 0 Å². The highest BCUT2D eigenvalue weighted by molar-refractivity contribution is 9.10. The van der Waals surface area contributed by atoms with Gasteiger partial charge in [-0.05, 0) is 52.5 Å². The quantitative estimate of drug-likeness (QED) is 0.867. The van der Waals surface area contributed by atoms with Crippen LogP contribution in [0.3, 0.4) is 0 Å². The second-order valence-corrected chi connectivity index (χ2v) is 4.09. The zero-order valence-corrected chi connectivity index (χ0v) is 9.30. The molecule has 0 aromatic heterocycles. The Morgan fingerprint density at radius 1 is 1.50 bits per heavy atom. The molecule has 0 unspecified atom stereocenters. The maximum atomic E-state index is 12.9. The molecule has 2 nitrogen and oxygen atoms in total. The summed E-state index contributed by atoms with van der Waals surface area (Å²) < 4.78 is 13.3. The largest absolute Gasteiger partial charge is 0.396 e. The van der Waals surface area contributed by atoms with Crippen LogP contribution in [0.25, 0.3) is 0 Å². The third-order valence-corrected chi connectivity index (χ3v) is 2.71. The van der Waals surface area contributed by atoms with E-state index >= 15 is 0 Å². The molecule has 3 N–H and O–H groups in total. The van der Waals surface area contributed by atoms with Crippen molar-refractivity contribution in [3.05, 3.63) is 34.1 Å². The van der Waals surface area contributed by atoms with E-state index in [2.05, 4.69) is 15.9 Å². The van der Waals surface area contributed by atoms with Crippen molar-refractivity contribution in [2.24, 2.45) is 11.7 Å². The predicted octanol–water partition coefficient (Wildman–Crippen LogP) is 1.70. The SMILES string of the molecule is NC[C@H](CO)Cc1ccc(F)c(Br)c1. The summed E-state index contributed by atoms with van der Waals surface area (Å²) in [5.41, 5.74) is 6.43. The summed E-state index contributed by atoms with van der Waals surface area (Å²) in [5, 5.41) is 8.95. The van der Waals surface area contributed by atoms with Crippen molar-refractivity contribution in [3.63, 3.8) is 0 Å². The fourth-order valence-corrected chi connectivity index (χ4v) is 1.65. The number of halogens is 2. The molecule has 1 aromatic rings. The smallest absolute Gasteiger partial charge is 0.137 e. The summed E-state index contributed by atoms with van der Waals surface area (Å²) in [6.45, 7) is 0.497. The Bertz CT molecular complexity index is 302. The Hall–Kier alpha value is -0.450. The molecule has 78 valence electrons. The second-order valence-electron chi connectivity index (χ2n) is 3.24. The zero-order chi connectivity index (χ0) is 10.6. The van der Waals surface area contributed by atoms with Crippen LogP contribution in [-0.4, -0.2) is 18.3 Å². The first-order valence-corrected chi connectivity index (χ1v) is 5.21. The van der Waals surface area contributed by atoms with Gasteiger partial charge in [-0.25, -0.2) is 4.39 Å². The summed E-state index contributed by atoms with van der Waals surface area (Å²) in [6.07, 6.45) is 0.672. The summed E-state index contributed by atoms with van der Waals surface area (Å²) >= 11 is 3.11. The molecule has 0 saturated carbocycles. The van der Waals surface area contributed by atoms with Crippen molar-refractivity contribution in [2.45, 2.75) is 6.42 Å². The first kappa shape index (κ1) is 11.6. The van der Waals surface area contributed by atoms with Gasteiger partial charge in [-0.15, -0.1) is 0 Å². The predicted molar refractivity (Wildman–Crippen MR) is 57.4 cm³/mol. The van der Waals surface area contributed by atoms with Crippen LogP contribution >= 0.6 is 15.9 Å². The molecule has 0 bridgehead atoms. The van der Waals surface area contributed by atoms with Gasteiger partial charge in [-0.3, -0.25) is 0 Å². The molecule has 0 saturated heterocycles. The highest BCUT2D eigenvalue weighted by Gasteiger charge is 2.07. The molecule has 1 atom stereocenters. The molecular formula is C10H13BrFNO. The van der Waals surface area contributed by atoms with Crippen molar-refractivity contribution >= 4 is 15.9 Å². The van der Waals surface area contributed by atoms with Crippen LogP contribution in [-0.2, 0) is 6.42 Å². The third-order valence-electron chi connectivity index (χ3n) is 2.10. The Kier molecular flexibility index (Phi) is 4.51. The van der Waals surface area contributed by atoms with Gasteiger partial charge in [0.2, 0.25) is 0 Å². The Morgan fingerprint density at radius 2 is 2.21 bits per heavy atom. The lowest BCUT2D eigenvalue weighted by Crippen LogP contribution is -2.20. The first-order chi connectivity index (χ1) is 6.67. The second kappa shape index (κ2) is 5.44. The maximum Gasteiger partial charge on any atom is 0.137 e. The summed E-state index contributed by atoms with van der Waals surface area (Å²) in [5.74, 6) is -0.227. The van der Waals surface area contributed by atoms with Gasteiger partial charge in [0.05, 0.1) is 4.47 Å². The standard InChI is InChI=1S/C10H13BrFNO/c11-9-4-7(1-2-10(9)12)3-8(5-13)6-14/h1-2,4,8,14H,3,5-6,13H2/t8-/m1/s1. The van der Waals surface area contributed by atoms with Gasteiger partial charge in [0.1, 0.15) is 5.82 Å². The number of aliphatic hydroxyl groups excluding tert-OH is 1. The lowest BCUT2D eigenvalue weighted by molar-refractivity contribution is 0.230. The normalized spacial score (nSPS) is 12.9. The molecular weight excluding hydrogens is 249 g/mol. The molecule has 0 aliphatic carbocycles. The van der Waals surface area contributed by atoms with Crippen molar-refractivity contribution in [3.8, 4) is 0 Å². The minimum Gasteiger partial charge on any atom is -0.396 e. The van der Waals surface area contributed by atoms with E-state index in [4.69, 9.17) is 10.8 Å². The maximum absolute atomic E-state index is 12.9. The molecule has 0 radical (unpaired) electrons. The summed E-state index contributed by atoms with van der Waals surface area (Å²) in [7, 11) is 0. The van der Waals surface area contributed by atoms with Crippen molar-refractivity contribution in [2.75, 3.05) is 13.2 Å². The van der Waals surface area contributed by atoms with E-state index in [1.807, 2.05) is 0 Å². The minimum absolute atomic E-state index is 0.0485. The number of hydrogen-bond acceptors (Lipinski definition) is 2. The number of nitrogens with two attached hydrogens (primary N) is 1. The van der Waals surface area contributed by atoms with Gasteiger partial charge in [0.25, 0.3) is 0 Å². The van der Waals surface area contributed by atoms with E-state index in [0.717, 1.165) is 5.56 Å². The van der Waals surface area contributed by atoms with Crippen LogP contribution in [0.4, 0.5) is 4.39 Å². The number of aliphatic hydroxyl groups is 1. The number of benzene rings is 1. The number of rotatable bonds is 4. The molecule has 0 fully saturated rings. The molecule has 14 heavy (non-hydrogen) atoms. The van der Waals surface area contributed by atoms with Crippen LogP contribution in [0.1, 0.15) is 5.56 Å². The average molecular weight is 262 g/mol. The first-order valence-electron chi connectivity index (χ1n) is 4.42. The lowest BCUT2D eigenvalue weighted by Gasteiger charge is -2.11. The summed E-state index contributed by atoms with van der Waals surface area (Å²) in [4.78, 5) is 0. The molecule has 0 aliphatic rings. The van der Waals surface area contributed by atoms with E-state index in [0.29, 0.717) is 17.4 Å². The molecule has 0 spiro atoms. The van der Waals surface area contributed by atoms with Crippen LogP contribution in [0.15, 0.2) is 22.7 Å². The molecule has 0 amide bonds. The molecule has 0 heterocycles. The van der Waals surface area contributed by atoms with E-state index < -0.39 is 0 Å². The van der Waals surface area contributed by atoms with E-state index in [1.54, 1.807) is 12.1 Å². The minimum atomic E-state index is -0.276. The van der Waals surface area contributed by atoms with E-state index in [9.17, 15) is 4.39 Å². The van der Waals surface area contributed by atoms with Crippen LogP contribution in [0.5, 0.6) is 0 Å². The molecule has 1 aromatic carbocycles. The van der Waals surface area contributed by atoms with Crippen LogP contribution in [0.2, 0.25) is 0 Å². The van der Waals surface area contributed by atoms with E-state index in [-0.39, 0.29) is 18.3 Å². The van der Waals surface area contributed by atoms with Gasteiger partial charge >= 0.3 is 0 Å². The fraction of sp³-hybridized carbons (Fsp3) is 0.400. The van der Waals surface area contributed by atoms with Gasteiger partial charge in [0.15, 0.2) is 0 Å². The Morgan fingerprint density at radius 3 is 2.71 bits per heavy atom. The molecule has 4 heteroatoms. The lowest BCUT2D eigenvalue weighted by atomic mass is 10.0. The zero-order valence-electron chi connectivity index (χ0n) is 7.71. The highest BCUT2D eigenvalue weighted by atomic mass is 79.9. The molecule has 1 rings (SSSR count). The Labute approximate surface area is 91.1 Å².